The van der Waals surface area contributed by atoms with Crippen molar-refractivity contribution < 1.29 is 22.4 Å². The van der Waals surface area contributed by atoms with E-state index in [1.165, 1.54) is 11.9 Å². The van der Waals surface area contributed by atoms with Crippen LogP contribution in [0.15, 0.2) is 28.9 Å². The largest absolute Gasteiger partial charge is 0.469 e. The SMILES string of the molecule is CC(CCc1ccco1)N(C)C(=O)c1cc(C(F)(F)F)[nH]n1. The van der Waals surface area contributed by atoms with Gasteiger partial charge in [-0.05, 0) is 25.5 Å². The van der Waals surface area contributed by atoms with Crippen LogP contribution in [0.4, 0.5) is 13.2 Å². The number of halogens is 3. The Morgan fingerprint density at radius 3 is 2.77 bits per heavy atom. The minimum absolute atomic E-state index is 0.163. The fourth-order valence-electron chi connectivity index (χ4n) is 1.96. The molecule has 0 saturated carbocycles. The highest BCUT2D eigenvalue weighted by Gasteiger charge is 2.34. The van der Waals surface area contributed by atoms with Crippen LogP contribution in [0, 0.1) is 0 Å². The summed E-state index contributed by atoms with van der Waals surface area (Å²) < 4.78 is 42.7. The normalized spacial score (nSPS) is 13.1. The third kappa shape index (κ3) is 3.69. The first-order valence-electron chi connectivity index (χ1n) is 6.71. The Balaban J connectivity index is 1.97. The first-order chi connectivity index (χ1) is 10.3. The Kier molecular flexibility index (Phi) is 4.58. The summed E-state index contributed by atoms with van der Waals surface area (Å²) in [4.78, 5) is 13.5. The van der Waals surface area contributed by atoms with Gasteiger partial charge in [-0.1, -0.05) is 0 Å². The van der Waals surface area contributed by atoms with Gasteiger partial charge in [0.2, 0.25) is 0 Å². The van der Waals surface area contributed by atoms with Crippen molar-refractivity contribution in [2.24, 2.45) is 0 Å². The Morgan fingerprint density at radius 1 is 1.50 bits per heavy atom. The van der Waals surface area contributed by atoms with Gasteiger partial charge in [0.05, 0.1) is 6.26 Å². The van der Waals surface area contributed by atoms with Gasteiger partial charge in [0, 0.05) is 25.6 Å². The molecule has 2 aromatic rings. The lowest BCUT2D eigenvalue weighted by Crippen LogP contribution is -2.35. The lowest BCUT2D eigenvalue weighted by Gasteiger charge is -2.23. The number of H-pyrrole nitrogens is 1. The molecule has 1 amide bonds. The van der Waals surface area contributed by atoms with Crippen molar-refractivity contribution in [2.75, 3.05) is 7.05 Å². The van der Waals surface area contributed by atoms with Crippen LogP contribution >= 0.6 is 0 Å². The van der Waals surface area contributed by atoms with Crippen LogP contribution in [0.5, 0.6) is 0 Å². The van der Waals surface area contributed by atoms with Crippen molar-refractivity contribution in [3.8, 4) is 0 Å². The number of nitrogens with one attached hydrogen (secondary N) is 1. The molecular weight excluding hydrogens is 299 g/mol. The van der Waals surface area contributed by atoms with Gasteiger partial charge in [0.15, 0.2) is 5.69 Å². The summed E-state index contributed by atoms with van der Waals surface area (Å²) in [6, 6.07) is 4.16. The molecule has 0 saturated heterocycles. The second-order valence-corrected chi connectivity index (χ2v) is 5.05. The molecule has 5 nitrogen and oxygen atoms in total. The maximum absolute atomic E-state index is 12.5. The maximum atomic E-state index is 12.5. The Morgan fingerprint density at radius 2 is 2.23 bits per heavy atom. The Hall–Kier alpha value is -2.25. The van der Waals surface area contributed by atoms with Crippen molar-refractivity contribution >= 4 is 5.91 Å². The number of aromatic amines is 1. The van der Waals surface area contributed by atoms with Crippen molar-refractivity contribution in [1.29, 1.82) is 0 Å². The van der Waals surface area contributed by atoms with Crippen LogP contribution in [0.25, 0.3) is 0 Å². The van der Waals surface area contributed by atoms with Gasteiger partial charge in [0.1, 0.15) is 11.5 Å². The molecule has 2 heterocycles. The van der Waals surface area contributed by atoms with E-state index >= 15 is 0 Å². The van der Waals surface area contributed by atoms with Gasteiger partial charge >= 0.3 is 6.18 Å². The van der Waals surface area contributed by atoms with Crippen molar-refractivity contribution in [3.63, 3.8) is 0 Å². The number of nitrogens with zero attached hydrogens (tertiary/aromatic N) is 2. The van der Waals surface area contributed by atoms with Gasteiger partial charge in [0.25, 0.3) is 5.91 Å². The van der Waals surface area contributed by atoms with Crippen LogP contribution in [0.1, 0.15) is 35.3 Å². The van der Waals surface area contributed by atoms with Crippen LogP contribution < -0.4 is 0 Å². The number of hydrogen-bond donors (Lipinski definition) is 1. The zero-order valence-corrected chi connectivity index (χ0v) is 12.1. The zero-order valence-electron chi connectivity index (χ0n) is 12.1. The summed E-state index contributed by atoms with van der Waals surface area (Å²) in [6.07, 6.45) is -1.71. The average molecular weight is 315 g/mol. The second kappa shape index (κ2) is 6.25. The number of carbonyl (C=O) groups is 1. The van der Waals surface area contributed by atoms with E-state index in [9.17, 15) is 18.0 Å². The molecule has 2 aromatic heterocycles. The molecule has 0 aliphatic carbocycles. The Bertz CT molecular complexity index is 620. The second-order valence-electron chi connectivity index (χ2n) is 5.05. The highest BCUT2D eigenvalue weighted by molar-refractivity contribution is 5.92. The van der Waals surface area contributed by atoms with Gasteiger partial charge in [-0.3, -0.25) is 9.89 Å². The minimum atomic E-state index is -4.55. The van der Waals surface area contributed by atoms with Gasteiger partial charge < -0.3 is 9.32 Å². The number of rotatable bonds is 5. The topological polar surface area (TPSA) is 62.1 Å². The molecule has 0 aliphatic heterocycles. The third-order valence-electron chi connectivity index (χ3n) is 3.47. The quantitative estimate of drug-likeness (QED) is 0.922. The van der Waals surface area contributed by atoms with E-state index in [2.05, 4.69) is 5.10 Å². The number of aryl methyl sites for hydroxylation is 1. The number of amides is 1. The molecule has 0 aromatic carbocycles. The number of hydrogen-bond acceptors (Lipinski definition) is 3. The molecule has 0 radical (unpaired) electrons. The van der Waals surface area contributed by atoms with E-state index < -0.39 is 17.8 Å². The predicted molar refractivity (Wildman–Crippen MR) is 72.2 cm³/mol. The molecule has 1 atom stereocenters. The molecule has 120 valence electrons. The number of aromatic nitrogens is 2. The van der Waals surface area contributed by atoms with E-state index in [1.807, 2.05) is 18.1 Å². The first kappa shape index (κ1) is 16.1. The highest BCUT2D eigenvalue weighted by atomic mass is 19.4. The summed E-state index contributed by atoms with van der Waals surface area (Å²) in [5.74, 6) is 0.241. The molecule has 22 heavy (non-hydrogen) atoms. The summed E-state index contributed by atoms with van der Waals surface area (Å²) >= 11 is 0. The summed E-state index contributed by atoms with van der Waals surface area (Å²) in [5, 5.41) is 5.28. The predicted octanol–water partition coefficient (Wildman–Crippen LogP) is 3.11. The molecule has 1 unspecified atom stereocenters. The van der Waals surface area contributed by atoms with E-state index in [-0.39, 0.29) is 11.7 Å². The zero-order chi connectivity index (χ0) is 16.3. The fraction of sp³-hybridized carbons (Fsp3) is 0.429. The molecule has 2 rings (SSSR count). The number of carbonyl (C=O) groups excluding carboxylic acids is 1. The van der Waals surface area contributed by atoms with Gasteiger partial charge in [-0.25, -0.2) is 0 Å². The summed E-state index contributed by atoms with van der Waals surface area (Å²) in [7, 11) is 1.54. The third-order valence-corrected chi connectivity index (χ3v) is 3.47. The van der Waals surface area contributed by atoms with Crippen molar-refractivity contribution in [1.82, 2.24) is 15.1 Å². The smallest absolute Gasteiger partial charge is 0.432 e. The highest BCUT2D eigenvalue weighted by Crippen LogP contribution is 2.28. The standard InChI is InChI=1S/C14H16F3N3O2/c1-9(5-6-10-4-3-7-22-10)20(2)13(21)11-8-12(19-18-11)14(15,16)17/h3-4,7-9H,5-6H2,1-2H3,(H,18,19). The lowest BCUT2D eigenvalue weighted by molar-refractivity contribution is -0.141. The van der Waals surface area contributed by atoms with Crippen LogP contribution in [-0.2, 0) is 12.6 Å². The summed E-state index contributed by atoms with van der Waals surface area (Å²) in [6.45, 7) is 1.82. The first-order valence-corrected chi connectivity index (χ1v) is 6.71. The molecule has 0 aliphatic rings. The minimum Gasteiger partial charge on any atom is -0.469 e. The summed E-state index contributed by atoms with van der Waals surface area (Å²) in [5.41, 5.74) is -1.29. The monoisotopic (exact) mass is 315 g/mol. The molecule has 8 heteroatoms. The van der Waals surface area contributed by atoms with Crippen LogP contribution in [0.2, 0.25) is 0 Å². The van der Waals surface area contributed by atoms with Crippen LogP contribution in [0.3, 0.4) is 0 Å². The molecule has 0 bridgehead atoms. The molecular formula is C14H16F3N3O2. The van der Waals surface area contributed by atoms with Crippen molar-refractivity contribution in [3.05, 3.63) is 41.6 Å². The molecule has 0 spiro atoms. The van der Waals surface area contributed by atoms with Gasteiger partial charge in [-0.15, -0.1) is 0 Å². The van der Waals surface area contributed by atoms with E-state index in [1.54, 1.807) is 12.3 Å². The van der Waals surface area contributed by atoms with E-state index in [0.29, 0.717) is 12.8 Å². The lowest BCUT2D eigenvalue weighted by atomic mass is 10.1. The van der Waals surface area contributed by atoms with Gasteiger partial charge in [-0.2, -0.15) is 18.3 Å². The molecule has 0 fully saturated rings. The number of alkyl halides is 3. The van der Waals surface area contributed by atoms with E-state index in [0.717, 1.165) is 11.8 Å². The van der Waals surface area contributed by atoms with Crippen LogP contribution in [-0.4, -0.2) is 34.1 Å². The van der Waals surface area contributed by atoms with Crippen molar-refractivity contribution in [2.45, 2.75) is 32.0 Å². The maximum Gasteiger partial charge on any atom is 0.432 e. The Labute approximate surface area is 125 Å². The number of furan rings is 1. The average Bonchev–Trinajstić information content (AvgIpc) is 3.13. The molecule has 1 N–H and O–H groups in total. The fourth-order valence-corrected chi connectivity index (χ4v) is 1.96. The van der Waals surface area contributed by atoms with E-state index in [4.69, 9.17) is 4.42 Å².